The van der Waals surface area contributed by atoms with Gasteiger partial charge < -0.3 is 9.64 Å². The molecule has 0 saturated carbocycles. The smallest absolute Gasteiger partial charge is 0.262 e. The highest BCUT2D eigenvalue weighted by Gasteiger charge is 2.30. The number of benzene rings is 1. The lowest BCUT2D eigenvalue weighted by Crippen LogP contribution is -2.37. The van der Waals surface area contributed by atoms with Crippen molar-refractivity contribution in [2.45, 2.75) is 31.6 Å². The normalized spacial score (nSPS) is 17.4. The summed E-state index contributed by atoms with van der Waals surface area (Å²) in [5.74, 6) is -0.0319. The van der Waals surface area contributed by atoms with Gasteiger partial charge in [0, 0.05) is 25.9 Å². The van der Waals surface area contributed by atoms with Gasteiger partial charge in [0.1, 0.15) is 0 Å². The van der Waals surface area contributed by atoms with Gasteiger partial charge in [-0.15, -0.1) is 0 Å². The van der Waals surface area contributed by atoms with E-state index >= 15 is 0 Å². The largest absolute Gasteiger partial charge is 0.378 e. The second-order valence-corrected chi connectivity index (χ2v) is 9.07. The van der Waals surface area contributed by atoms with E-state index in [0.717, 1.165) is 4.90 Å². The number of aromatic nitrogens is 2. The van der Waals surface area contributed by atoms with E-state index in [1.807, 2.05) is 4.90 Å². The van der Waals surface area contributed by atoms with E-state index in [0.29, 0.717) is 55.0 Å². The third-order valence-corrected chi connectivity index (χ3v) is 6.61. The molecule has 31 heavy (non-hydrogen) atoms. The number of aryl methyl sites for hydroxylation is 2. The first kappa shape index (κ1) is 21.2. The van der Waals surface area contributed by atoms with Gasteiger partial charge in [0.2, 0.25) is 17.8 Å². The molecule has 1 N–H and O–H groups in total. The van der Waals surface area contributed by atoms with E-state index in [9.17, 15) is 18.0 Å². The average Bonchev–Trinajstić information content (AvgIpc) is 3.09. The second-order valence-electron chi connectivity index (χ2n) is 7.39. The Labute approximate surface area is 180 Å². The molecule has 2 aromatic rings. The van der Waals surface area contributed by atoms with E-state index in [2.05, 4.69) is 14.7 Å². The maximum Gasteiger partial charge on any atom is 0.262 e. The van der Waals surface area contributed by atoms with Crippen molar-refractivity contribution in [2.75, 3.05) is 40.8 Å². The molecule has 4 rings (SSSR count). The Bertz CT molecular complexity index is 1090. The third kappa shape index (κ3) is 4.23. The molecular formula is C20H23N5O5S. The third-order valence-electron chi connectivity index (χ3n) is 5.25. The van der Waals surface area contributed by atoms with Crippen LogP contribution in [0.1, 0.15) is 24.2 Å². The minimum absolute atomic E-state index is 0.00593. The number of ether oxygens (including phenoxy) is 1. The van der Waals surface area contributed by atoms with Crippen LogP contribution in [0.2, 0.25) is 0 Å². The SMILES string of the molecule is Cc1nc(N2CCOCC2)nc(C)c1NS(=O)(=O)c1ccc(N2C(=O)CCC2=O)cc1. The highest BCUT2D eigenvalue weighted by molar-refractivity contribution is 7.92. The number of nitrogens with zero attached hydrogens (tertiary/aromatic N) is 4. The van der Waals surface area contributed by atoms with Crippen LogP contribution in [0, 0.1) is 13.8 Å². The average molecular weight is 446 g/mol. The summed E-state index contributed by atoms with van der Waals surface area (Å²) < 4.78 is 33.7. The summed E-state index contributed by atoms with van der Waals surface area (Å²) in [5.41, 5.74) is 1.72. The van der Waals surface area contributed by atoms with Gasteiger partial charge in [-0.05, 0) is 38.1 Å². The number of carbonyl (C=O) groups excluding carboxylic acids is 2. The molecule has 10 nitrogen and oxygen atoms in total. The molecule has 0 radical (unpaired) electrons. The summed E-state index contributed by atoms with van der Waals surface area (Å²) in [6.07, 6.45) is 0.332. The van der Waals surface area contributed by atoms with Crippen LogP contribution in [0.3, 0.4) is 0 Å². The molecule has 11 heteroatoms. The molecule has 3 heterocycles. The van der Waals surface area contributed by atoms with Crippen LogP contribution >= 0.6 is 0 Å². The van der Waals surface area contributed by atoms with Crippen LogP contribution in [0.15, 0.2) is 29.2 Å². The van der Waals surface area contributed by atoms with Gasteiger partial charge >= 0.3 is 0 Å². The van der Waals surface area contributed by atoms with Crippen molar-refractivity contribution in [1.29, 1.82) is 0 Å². The topological polar surface area (TPSA) is 122 Å². The summed E-state index contributed by atoms with van der Waals surface area (Å²) >= 11 is 0. The number of morpholine rings is 1. The first-order valence-corrected chi connectivity index (χ1v) is 11.4. The van der Waals surface area contributed by atoms with Gasteiger partial charge in [0.15, 0.2) is 0 Å². The number of hydrogen-bond acceptors (Lipinski definition) is 8. The molecule has 2 fully saturated rings. The quantitative estimate of drug-likeness (QED) is 0.685. The van der Waals surface area contributed by atoms with E-state index < -0.39 is 10.0 Å². The summed E-state index contributed by atoms with van der Waals surface area (Å²) in [7, 11) is -3.92. The number of amides is 2. The Morgan fingerprint density at radius 2 is 1.48 bits per heavy atom. The fourth-order valence-electron chi connectivity index (χ4n) is 3.58. The van der Waals surface area contributed by atoms with Crippen LogP contribution < -0.4 is 14.5 Å². The van der Waals surface area contributed by atoms with Gasteiger partial charge in [-0.2, -0.15) is 0 Å². The highest BCUT2D eigenvalue weighted by atomic mass is 32.2. The van der Waals surface area contributed by atoms with Gasteiger partial charge in [-0.25, -0.2) is 18.4 Å². The molecule has 2 amide bonds. The van der Waals surface area contributed by atoms with E-state index in [1.54, 1.807) is 13.8 Å². The van der Waals surface area contributed by atoms with Crippen molar-refractivity contribution in [2.24, 2.45) is 0 Å². The molecule has 0 spiro atoms. The lowest BCUT2D eigenvalue weighted by Gasteiger charge is -2.27. The number of sulfonamides is 1. The molecule has 0 bridgehead atoms. The minimum Gasteiger partial charge on any atom is -0.378 e. The maximum atomic E-state index is 12.9. The Hall–Kier alpha value is -3.05. The first-order chi connectivity index (χ1) is 14.8. The lowest BCUT2D eigenvalue weighted by molar-refractivity contribution is -0.121. The van der Waals surface area contributed by atoms with Crippen LogP contribution in [-0.2, 0) is 24.3 Å². The molecule has 2 aliphatic rings. The molecule has 2 saturated heterocycles. The van der Waals surface area contributed by atoms with Crippen molar-refractivity contribution in [1.82, 2.24) is 9.97 Å². The Morgan fingerprint density at radius 1 is 0.935 bits per heavy atom. The zero-order valence-corrected chi connectivity index (χ0v) is 18.1. The number of rotatable bonds is 5. The number of hydrogen-bond donors (Lipinski definition) is 1. The minimum atomic E-state index is -3.92. The zero-order chi connectivity index (χ0) is 22.2. The summed E-state index contributed by atoms with van der Waals surface area (Å²) in [5, 5.41) is 0. The highest BCUT2D eigenvalue weighted by Crippen LogP contribution is 2.27. The molecule has 2 aliphatic heterocycles. The lowest BCUT2D eigenvalue weighted by atomic mass is 10.3. The molecular weight excluding hydrogens is 422 g/mol. The first-order valence-electron chi connectivity index (χ1n) is 9.93. The van der Waals surface area contributed by atoms with Crippen molar-refractivity contribution in [3.05, 3.63) is 35.7 Å². The standard InChI is InChI=1S/C20H23N5O5S/c1-13-19(14(2)22-20(21-13)24-9-11-30-12-10-24)23-31(28,29)16-5-3-15(4-6-16)25-17(26)7-8-18(25)27/h3-6,23H,7-12H2,1-2H3. The number of nitrogens with one attached hydrogen (secondary N) is 1. The van der Waals surface area contributed by atoms with Crippen molar-refractivity contribution < 1.29 is 22.7 Å². The molecule has 1 aromatic heterocycles. The summed E-state index contributed by atoms with van der Waals surface area (Å²) in [4.78, 5) is 35.8. The van der Waals surface area contributed by atoms with Crippen LogP contribution in [-0.4, -0.2) is 56.5 Å². The van der Waals surface area contributed by atoms with Crippen molar-refractivity contribution >= 4 is 39.2 Å². The van der Waals surface area contributed by atoms with Crippen molar-refractivity contribution in [3.8, 4) is 0 Å². The van der Waals surface area contributed by atoms with E-state index in [-0.39, 0.29) is 29.6 Å². The van der Waals surface area contributed by atoms with E-state index in [4.69, 9.17) is 4.74 Å². The summed E-state index contributed by atoms with van der Waals surface area (Å²) in [6, 6.07) is 5.63. The molecule has 0 aliphatic carbocycles. The Balaban J connectivity index is 1.56. The van der Waals surface area contributed by atoms with Gasteiger partial charge in [-0.1, -0.05) is 0 Å². The molecule has 0 unspecified atom stereocenters. The van der Waals surface area contributed by atoms with Gasteiger partial charge in [0.05, 0.1) is 40.9 Å². The second kappa shape index (κ2) is 8.23. The Morgan fingerprint density at radius 3 is 2.03 bits per heavy atom. The molecule has 164 valence electrons. The summed E-state index contributed by atoms with van der Waals surface area (Å²) in [6.45, 7) is 6.01. The van der Waals surface area contributed by atoms with E-state index in [1.165, 1.54) is 24.3 Å². The predicted octanol–water partition coefficient (Wildman–Crippen LogP) is 1.38. The number of carbonyl (C=O) groups is 2. The van der Waals surface area contributed by atoms with Crippen LogP contribution in [0.25, 0.3) is 0 Å². The Kier molecular flexibility index (Phi) is 5.63. The zero-order valence-electron chi connectivity index (χ0n) is 17.3. The van der Waals surface area contributed by atoms with Gasteiger partial charge in [0.25, 0.3) is 10.0 Å². The van der Waals surface area contributed by atoms with Crippen molar-refractivity contribution in [3.63, 3.8) is 0 Å². The maximum absolute atomic E-state index is 12.9. The molecule has 1 aromatic carbocycles. The van der Waals surface area contributed by atoms with Crippen LogP contribution in [0.4, 0.5) is 17.3 Å². The fraction of sp³-hybridized carbons (Fsp3) is 0.400. The number of anilines is 3. The fourth-order valence-corrected chi connectivity index (χ4v) is 4.76. The van der Waals surface area contributed by atoms with Crippen LogP contribution in [0.5, 0.6) is 0 Å². The molecule has 0 atom stereocenters. The number of imide groups is 1. The predicted molar refractivity (Wildman–Crippen MR) is 114 cm³/mol. The van der Waals surface area contributed by atoms with Gasteiger partial charge in [-0.3, -0.25) is 19.2 Å². The monoisotopic (exact) mass is 445 g/mol.